The minimum Gasteiger partial charge on any atom is -0.484 e. The summed E-state index contributed by atoms with van der Waals surface area (Å²) in [7, 11) is 1.90. The number of nitrogens with zero attached hydrogens (tertiary/aromatic N) is 5. The van der Waals surface area contributed by atoms with Crippen molar-refractivity contribution in [1.82, 2.24) is 24.1 Å². The Kier molecular flexibility index (Phi) is 5.37. The first kappa shape index (κ1) is 17.2. The summed E-state index contributed by atoms with van der Waals surface area (Å²) in [6.07, 6.45) is 0. The van der Waals surface area contributed by atoms with Gasteiger partial charge in [-0.25, -0.2) is 4.98 Å². The topological polar surface area (TPSA) is 65.7 Å². The van der Waals surface area contributed by atoms with Crippen LogP contribution < -0.4 is 4.74 Å². The first-order valence-electron chi connectivity index (χ1n) is 7.31. The largest absolute Gasteiger partial charge is 0.484 e. The molecule has 24 heavy (non-hydrogen) atoms. The van der Waals surface area contributed by atoms with E-state index in [-0.39, 0.29) is 0 Å². The van der Waals surface area contributed by atoms with Gasteiger partial charge in [0.05, 0.1) is 5.02 Å². The van der Waals surface area contributed by atoms with Crippen LogP contribution >= 0.6 is 34.9 Å². The normalized spacial score (nSPS) is 11.2. The van der Waals surface area contributed by atoms with Crippen LogP contribution in [0.25, 0.3) is 0 Å². The van der Waals surface area contributed by atoms with Crippen molar-refractivity contribution in [3.63, 3.8) is 0 Å². The molecule has 1 aromatic carbocycles. The van der Waals surface area contributed by atoms with Crippen molar-refractivity contribution in [2.75, 3.05) is 0 Å². The number of aromatic nitrogens is 5. The van der Waals surface area contributed by atoms with Crippen molar-refractivity contribution in [3.05, 3.63) is 40.9 Å². The van der Waals surface area contributed by atoms with Crippen LogP contribution in [0.3, 0.4) is 0 Å². The molecule has 2 aromatic heterocycles. The lowest BCUT2D eigenvalue weighted by molar-refractivity contribution is 0.290. The predicted molar refractivity (Wildman–Crippen MR) is 94.9 cm³/mol. The number of para-hydroxylation sites is 1. The molecule has 0 radical (unpaired) electrons. The van der Waals surface area contributed by atoms with Gasteiger partial charge in [-0.05, 0) is 35.4 Å². The van der Waals surface area contributed by atoms with Crippen LogP contribution in [-0.4, -0.2) is 24.1 Å². The van der Waals surface area contributed by atoms with E-state index in [0.717, 1.165) is 15.3 Å². The van der Waals surface area contributed by atoms with E-state index in [1.807, 2.05) is 29.8 Å². The molecule has 3 rings (SSSR count). The molecule has 0 saturated heterocycles. The number of halogens is 1. The average Bonchev–Trinajstić information content (AvgIpc) is 3.16. The maximum Gasteiger partial charge on any atom is 0.198 e. The lowest BCUT2D eigenvalue weighted by Gasteiger charge is -2.07. The molecule has 0 aliphatic rings. The Morgan fingerprint density at radius 3 is 2.79 bits per heavy atom. The summed E-state index contributed by atoms with van der Waals surface area (Å²) in [6.45, 7) is 4.44. The van der Waals surface area contributed by atoms with Gasteiger partial charge in [0.25, 0.3) is 0 Å². The molecule has 6 nitrogen and oxygen atoms in total. The summed E-state index contributed by atoms with van der Waals surface area (Å²) in [4.78, 5) is 4.50. The molecule has 0 saturated carbocycles. The second kappa shape index (κ2) is 7.50. The standard InChI is InChI=1S/C15H16ClN5OS2/c1-9(2)13-17-15(24-20-13)23-14-19-18-12(21(14)3)8-22-11-7-5-4-6-10(11)16/h4-7,9H,8H2,1-3H3. The van der Waals surface area contributed by atoms with Gasteiger partial charge in [-0.2, -0.15) is 4.37 Å². The fraction of sp³-hybridized carbons (Fsp3) is 0.333. The van der Waals surface area contributed by atoms with E-state index in [0.29, 0.717) is 29.1 Å². The SMILES string of the molecule is CC(C)c1nsc(Sc2nnc(COc3ccccc3Cl)n2C)n1. The quantitative estimate of drug-likeness (QED) is 0.638. The van der Waals surface area contributed by atoms with E-state index in [1.54, 1.807) is 6.07 Å². The van der Waals surface area contributed by atoms with Gasteiger partial charge in [-0.1, -0.05) is 37.6 Å². The lowest BCUT2D eigenvalue weighted by atomic mass is 10.2. The van der Waals surface area contributed by atoms with Crippen molar-refractivity contribution in [3.8, 4) is 5.75 Å². The second-order valence-corrected chi connectivity index (χ2v) is 7.73. The summed E-state index contributed by atoms with van der Waals surface area (Å²) < 4.78 is 12.8. The minimum atomic E-state index is 0.293. The first-order chi connectivity index (χ1) is 11.5. The number of hydrogen-bond donors (Lipinski definition) is 0. The molecule has 0 bridgehead atoms. The summed E-state index contributed by atoms with van der Waals surface area (Å²) in [6, 6.07) is 7.35. The molecule has 0 amide bonds. The molecule has 0 aliphatic carbocycles. The fourth-order valence-electron chi connectivity index (χ4n) is 1.84. The molecule has 0 unspecified atom stereocenters. The van der Waals surface area contributed by atoms with Gasteiger partial charge in [-0.15, -0.1) is 10.2 Å². The van der Waals surface area contributed by atoms with Crippen LogP contribution in [-0.2, 0) is 13.7 Å². The average molecular weight is 382 g/mol. The Labute approximate surface area is 153 Å². The molecule has 9 heteroatoms. The molecule has 126 valence electrons. The summed E-state index contributed by atoms with van der Waals surface area (Å²) >= 11 is 8.91. The first-order valence-corrected chi connectivity index (χ1v) is 9.28. The van der Waals surface area contributed by atoms with Crippen LogP contribution in [0.5, 0.6) is 5.75 Å². The van der Waals surface area contributed by atoms with Gasteiger partial charge in [0, 0.05) is 13.0 Å². The van der Waals surface area contributed by atoms with E-state index in [9.17, 15) is 0 Å². The molecule has 0 spiro atoms. The van der Waals surface area contributed by atoms with Crippen LogP contribution in [0.4, 0.5) is 0 Å². The van der Waals surface area contributed by atoms with Gasteiger partial charge in [0.2, 0.25) is 0 Å². The third-order valence-corrected chi connectivity index (χ3v) is 5.35. The number of rotatable bonds is 6. The van der Waals surface area contributed by atoms with Gasteiger partial charge >= 0.3 is 0 Å². The lowest BCUT2D eigenvalue weighted by Crippen LogP contribution is -2.04. The maximum atomic E-state index is 6.08. The minimum absolute atomic E-state index is 0.293. The number of hydrogen-bond acceptors (Lipinski definition) is 7. The van der Waals surface area contributed by atoms with E-state index in [1.165, 1.54) is 23.3 Å². The Balaban J connectivity index is 1.68. The summed E-state index contributed by atoms with van der Waals surface area (Å²) in [5.74, 6) is 2.51. The molecular formula is C15H16ClN5OS2. The fourth-order valence-corrected chi connectivity index (χ4v) is 3.69. The number of ether oxygens (including phenoxy) is 1. The van der Waals surface area contributed by atoms with Gasteiger partial charge in [0.1, 0.15) is 18.2 Å². The molecule has 2 heterocycles. The van der Waals surface area contributed by atoms with Crippen molar-refractivity contribution in [1.29, 1.82) is 0 Å². The van der Waals surface area contributed by atoms with Crippen LogP contribution in [0.15, 0.2) is 33.8 Å². The molecule has 0 atom stereocenters. The van der Waals surface area contributed by atoms with Gasteiger partial charge < -0.3 is 9.30 Å². The Hall–Kier alpha value is -1.64. The van der Waals surface area contributed by atoms with Gasteiger partial charge in [0.15, 0.2) is 15.3 Å². The second-order valence-electron chi connectivity index (χ2n) is 5.35. The Morgan fingerprint density at radius 2 is 2.08 bits per heavy atom. The molecular weight excluding hydrogens is 366 g/mol. The van der Waals surface area contributed by atoms with Crippen LogP contribution in [0.1, 0.15) is 31.4 Å². The Morgan fingerprint density at radius 1 is 1.29 bits per heavy atom. The van der Waals surface area contributed by atoms with E-state index >= 15 is 0 Å². The highest BCUT2D eigenvalue weighted by molar-refractivity contribution is 8.00. The zero-order valence-corrected chi connectivity index (χ0v) is 15.8. The highest BCUT2D eigenvalue weighted by Crippen LogP contribution is 2.29. The third kappa shape index (κ3) is 3.88. The zero-order valence-electron chi connectivity index (χ0n) is 13.4. The summed E-state index contributed by atoms with van der Waals surface area (Å²) in [5, 5.41) is 9.70. The maximum absolute atomic E-state index is 6.08. The molecule has 3 aromatic rings. The molecule has 0 aliphatic heterocycles. The van der Waals surface area contributed by atoms with E-state index < -0.39 is 0 Å². The number of benzene rings is 1. The Bertz CT molecular complexity index is 833. The molecule has 0 N–H and O–H groups in total. The zero-order chi connectivity index (χ0) is 17.1. The highest BCUT2D eigenvalue weighted by atomic mass is 35.5. The molecule has 0 fully saturated rings. The monoisotopic (exact) mass is 381 g/mol. The van der Waals surface area contributed by atoms with Crippen molar-refractivity contribution in [2.45, 2.75) is 35.9 Å². The smallest absolute Gasteiger partial charge is 0.198 e. The van der Waals surface area contributed by atoms with E-state index in [2.05, 4.69) is 33.4 Å². The summed E-state index contributed by atoms with van der Waals surface area (Å²) in [5.41, 5.74) is 0. The van der Waals surface area contributed by atoms with Crippen molar-refractivity contribution in [2.24, 2.45) is 7.05 Å². The van der Waals surface area contributed by atoms with E-state index in [4.69, 9.17) is 16.3 Å². The van der Waals surface area contributed by atoms with Crippen molar-refractivity contribution < 1.29 is 4.74 Å². The highest BCUT2D eigenvalue weighted by Gasteiger charge is 2.15. The van der Waals surface area contributed by atoms with Gasteiger partial charge in [-0.3, -0.25) is 0 Å². The van der Waals surface area contributed by atoms with Crippen LogP contribution in [0.2, 0.25) is 5.02 Å². The third-order valence-electron chi connectivity index (χ3n) is 3.24. The predicted octanol–water partition coefficient (Wildman–Crippen LogP) is 4.17. The van der Waals surface area contributed by atoms with Crippen LogP contribution in [0, 0.1) is 0 Å². The van der Waals surface area contributed by atoms with Crippen molar-refractivity contribution >= 4 is 34.9 Å².